The molecule has 132 valence electrons. The molecule has 27 heavy (non-hydrogen) atoms. The Hall–Kier alpha value is -3.67. The molecule has 5 aromatic rings. The van der Waals surface area contributed by atoms with Gasteiger partial charge >= 0.3 is 0 Å². The molecule has 5 rings (SSSR count). The van der Waals surface area contributed by atoms with Gasteiger partial charge in [0.15, 0.2) is 5.65 Å². The molecule has 3 aromatic heterocycles. The number of nitrogens with zero attached hydrogens (tertiary/aromatic N) is 3. The number of para-hydroxylation sites is 1. The van der Waals surface area contributed by atoms with Gasteiger partial charge in [-0.2, -0.15) is 5.10 Å². The molecule has 3 heterocycles. The van der Waals surface area contributed by atoms with Crippen LogP contribution in [0.5, 0.6) is 0 Å². The molecule has 0 aliphatic rings. The van der Waals surface area contributed by atoms with Crippen molar-refractivity contribution in [3.8, 4) is 0 Å². The number of hydrogen-bond donors (Lipinski definition) is 1. The zero-order valence-electron chi connectivity index (χ0n) is 14.9. The smallest absolute Gasteiger partial charge is 0.259 e. The van der Waals surface area contributed by atoms with Crippen LogP contribution in [0.25, 0.3) is 27.6 Å². The lowest BCUT2D eigenvalue weighted by atomic mass is 10.1. The number of anilines is 1. The average molecular weight is 356 g/mol. The summed E-state index contributed by atoms with van der Waals surface area (Å²) in [5.41, 5.74) is 5.16. The Morgan fingerprint density at radius 3 is 2.74 bits per heavy atom. The van der Waals surface area contributed by atoms with Gasteiger partial charge in [0.1, 0.15) is 11.2 Å². The summed E-state index contributed by atoms with van der Waals surface area (Å²) in [7, 11) is 0. The van der Waals surface area contributed by atoms with Gasteiger partial charge in [-0.3, -0.25) is 4.79 Å². The zero-order valence-corrected chi connectivity index (χ0v) is 14.9. The van der Waals surface area contributed by atoms with Crippen LogP contribution < -0.4 is 5.32 Å². The van der Waals surface area contributed by atoms with E-state index in [4.69, 9.17) is 4.42 Å². The van der Waals surface area contributed by atoms with E-state index in [-0.39, 0.29) is 5.91 Å². The van der Waals surface area contributed by atoms with Crippen molar-refractivity contribution >= 4 is 39.2 Å². The summed E-state index contributed by atoms with van der Waals surface area (Å²) in [6, 6.07) is 15.4. The normalized spacial score (nSPS) is 11.5. The third kappa shape index (κ3) is 2.45. The van der Waals surface area contributed by atoms with Crippen molar-refractivity contribution in [1.82, 2.24) is 14.6 Å². The number of aryl methyl sites for hydroxylation is 2. The largest absolute Gasteiger partial charge is 0.456 e. The number of amides is 1. The number of aromatic nitrogens is 3. The first-order chi connectivity index (χ1) is 13.1. The van der Waals surface area contributed by atoms with Gasteiger partial charge < -0.3 is 9.73 Å². The topological polar surface area (TPSA) is 72.4 Å². The van der Waals surface area contributed by atoms with E-state index in [9.17, 15) is 4.79 Å². The summed E-state index contributed by atoms with van der Waals surface area (Å²) in [6.07, 6.45) is 1.59. The molecular formula is C21H16N4O2. The Labute approximate surface area is 154 Å². The van der Waals surface area contributed by atoms with Gasteiger partial charge in [0, 0.05) is 28.7 Å². The Morgan fingerprint density at radius 2 is 1.85 bits per heavy atom. The molecule has 1 amide bonds. The number of benzene rings is 2. The number of hydrogen-bond acceptors (Lipinski definition) is 4. The molecule has 0 unspecified atom stereocenters. The lowest BCUT2D eigenvalue weighted by molar-refractivity contribution is 0.102. The minimum absolute atomic E-state index is 0.220. The Balaban J connectivity index is 1.53. The van der Waals surface area contributed by atoms with Crippen LogP contribution >= 0.6 is 0 Å². The molecule has 1 N–H and O–H groups in total. The Morgan fingerprint density at radius 1 is 1.04 bits per heavy atom. The van der Waals surface area contributed by atoms with Gasteiger partial charge in [0.2, 0.25) is 0 Å². The lowest BCUT2D eigenvalue weighted by Crippen LogP contribution is -2.16. The van der Waals surface area contributed by atoms with E-state index in [1.165, 1.54) is 0 Å². The summed E-state index contributed by atoms with van der Waals surface area (Å²) in [5.74, 6) is -0.220. The van der Waals surface area contributed by atoms with Crippen molar-refractivity contribution in [1.29, 1.82) is 0 Å². The van der Waals surface area contributed by atoms with Gasteiger partial charge in [0.05, 0.1) is 17.0 Å². The Bertz CT molecular complexity index is 1350. The summed E-state index contributed by atoms with van der Waals surface area (Å²) < 4.78 is 7.52. The molecule has 0 saturated heterocycles. The quantitative estimate of drug-likeness (QED) is 0.505. The first-order valence-electron chi connectivity index (χ1n) is 8.65. The molecule has 2 aromatic carbocycles. The van der Waals surface area contributed by atoms with Crippen LogP contribution in [0.2, 0.25) is 0 Å². The molecule has 0 bridgehead atoms. The minimum atomic E-state index is -0.220. The van der Waals surface area contributed by atoms with E-state index in [2.05, 4.69) is 15.4 Å². The maximum absolute atomic E-state index is 12.8. The van der Waals surface area contributed by atoms with Gasteiger partial charge in [0.25, 0.3) is 5.91 Å². The van der Waals surface area contributed by atoms with Gasteiger partial charge in [-0.05, 0) is 38.1 Å². The van der Waals surface area contributed by atoms with Crippen LogP contribution in [0.15, 0.2) is 59.1 Å². The fourth-order valence-electron chi connectivity index (χ4n) is 3.39. The van der Waals surface area contributed by atoms with Crippen molar-refractivity contribution in [2.75, 3.05) is 5.32 Å². The fourth-order valence-corrected chi connectivity index (χ4v) is 3.39. The summed E-state index contributed by atoms with van der Waals surface area (Å²) in [4.78, 5) is 17.1. The van der Waals surface area contributed by atoms with Gasteiger partial charge in [-0.15, -0.1) is 0 Å². The predicted molar refractivity (Wildman–Crippen MR) is 104 cm³/mol. The fraction of sp³-hybridized carbons (Fsp3) is 0.0952. The third-order valence-corrected chi connectivity index (χ3v) is 4.73. The van der Waals surface area contributed by atoms with Crippen molar-refractivity contribution in [2.45, 2.75) is 13.8 Å². The van der Waals surface area contributed by atoms with Crippen LogP contribution in [0.3, 0.4) is 0 Å². The number of furan rings is 1. The van der Waals surface area contributed by atoms with E-state index in [1.807, 2.05) is 62.4 Å². The number of rotatable bonds is 2. The van der Waals surface area contributed by atoms with Crippen LogP contribution in [0.1, 0.15) is 21.7 Å². The maximum Gasteiger partial charge on any atom is 0.259 e. The standard InChI is InChI=1S/C21H16N4O2/c1-12-9-20-22-11-17(13(2)25(20)24-12)21(26)23-14-7-8-19-16(10-14)15-5-3-4-6-18(15)27-19/h3-11H,1-2H3,(H,23,26). The van der Waals surface area contributed by atoms with Crippen LogP contribution in [-0.2, 0) is 0 Å². The van der Waals surface area contributed by atoms with Gasteiger partial charge in [-0.1, -0.05) is 18.2 Å². The van der Waals surface area contributed by atoms with Gasteiger partial charge in [-0.25, -0.2) is 9.50 Å². The first-order valence-corrected chi connectivity index (χ1v) is 8.65. The zero-order chi connectivity index (χ0) is 18.5. The molecule has 0 spiro atoms. The van der Waals surface area contributed by atoms with Crippen molar-refractivity contribution in [3.05, 3.63) is 71.7 Å². The highest BCUT2D eigenvalue weighted by Gasteiger charge is 2.15. The molecule has 0 fully saturated rings. The number of fused-ring (bicyclic) bond motifs is 4. The predicted octanol–water partition coefficient (Wildman–Crippen LogP) is 4.50. The van der Waals surface area contributed by atoms with E-state index in [1.54, 1.807) is 10.7 Å². The Kier molecular flexibility index (Phi) is 3.27. The van der Waals surface area contributed by atoms with Crippen molar-refractivity contribution < 1.29 is 9.21 Å². The van der Waals surface area contributed by atoms with Crippen molar-refractivity contribution in [3.63, 3.8) is 0 Å². The monoisotopic (exact) mass is 356 g/mol. The average Bonchev–Trinajstić information content (AvgIpc) is 3.22. The minimum Gasteiger partial charge on any atom is -0.456 e. The maximum atomic E-state index is 12.8. The molecule has 6 nitrogen and oxygen atoms in total. The van der Waals surface area contributed by atoms with E-state index in [0.29, 0.717) is 11.3 Å². The molecular weight excluding hydrogens is 340 g/mol. The number of nitrogens with one attached hydrogen (secondary N) is 1. The second-order valence-electron chi connectivity index (χ2n) is 6.58. The lowest BCUT2D eigenvalue weighted by Gasteiger charge is -2.08. The highest BCUT2D eigenvalue weighted by molar-refractivity contribution is 6.09. The summed E-state index contributed by atoms with van der Waals surface area (Å²) in [5, 5.41) is 9.34. The van der Waals surface area contributed by atoms with E-state index < -0.39 is 0 Å². The summed E-state index contributed by atoms with van der Waals surface area (Å²) >= 11 is 0. The highest BCUT2D eigenvalue weighted by Crippen LogP contribution is 2.30. The molecule has 6 heteroatoms. The molecule has 0 aliphatic heterocycles. The molecule has 0 radical (unpaired) electrons. The van der Waals surface area contributed by atoms with E-state index in [0.717, 1.165) is 39.0 Å². The molecule has 0 atom stereocenters. The first kappa shape index (κ1) is 15.6. The number of carbonyl (C=O) groups excluding carboxylic acids is 1. The van der Waals surface area contributed by atoms with Crippen LogP contribution in [0.4, 0.5) is 5.69 Å². The van der Waals surface area contributed by atoms with Crippen LogP contribution in [0, 0.1) is 13.8 Å². The van der Waals surface area contributed by atoms with Crippen molar-refractivity contribution in [2.24, 2.45) is 0 Å². The third-order valence-electron chi connectivity index (χ3n) is 4.73. The second-order valence-corrected chi connectivity index (χ2v) is 6.58. The second kappa shape index (κ2) is 5.67. The molecule has 0 aliphatic carbocycles. The number of carbonyl (C=O) groups is 1. The molecule has 0 saturated carbocycles. The highest BCUT2D eigenvalue weighted by atomic mass is 16.3. The summed E-state index contributed by atoms with van der Waals surface area (Å²) in [6.45, 7) is 3.77. The van der Waals surface area contributed by atoms with Crippen LogP contribution in [-0.4, -0.2) is 20.5 Å². The SMILES string of the molecule is Cc1cc2ncc(C(=O)Nc3ccc4oc5ccccc5c4c3)c(C)n2n1. The van der Waals surface area contributed by atoms with E-state index >= 15 is 0 Å².